The molecule has 1 fully saturated rings. The van der Waals surface area contributed by atoms with Crippen LogP contribution in [0.2, 0.25) is 0 Å². The van der Waals surface area contributed by atoms with E-state index >= 15 is 0 Å². The van der Waals surface area contributed by atoms with E-state index in [4.69, 9.17) is 4.74 Å². The number of carbonyl (C=O) groups is 2. The van der Waals surface area contributed by atoms with Crippen molar-refractivity contribution in [3.05, 3.63) is 65.2 Å². The number of ether oxygens (including phenoxy) is 1. The normalized spacial score (nSPS) is 18.1. The lowest BCUT2D eigenvalue weighted by atomic mass is 9.99. The molecule has 0 radical (unpaired) electrons. The minimum Gasteiger partial charge on any atom is -0.493 e. The number of hydrogen-bond donors (Lipinski definition) is 1. The molecule has 28 heavy (non-hydrogen) atoms. The van der Waals surface area contributed by atoms with E-state index < -0.39 is 17.0 Å². The van der Waals surface area contributed by atoms with Crippen LogP contribution in [0.4, 0.5) is 18.0 Å². The molecule has 2 amide bonds. The number of alkyl halides is 3. The zero-order valence-electron chi connectivity index (χ0n) is 15.0. The van der Waals surface area contributed by atoms with E-state index in [1.807, 2.05) is 0 Å². The molecular formula is C20H18F3NO3S. The van der Waals surface area contributed by atoms with Crippen molar-refractivity contribution in [3.8, 4) is 5.75 Å². The lowest BCUT2D eigenvalue weighted by molar-refractivity contribution is -0.137. The molecule has 3 rings (SSSR count). The Morgan fingerprint density at radius 1 is 1.14 bits per heavy atom. The predicted octanol–water partition coefficient (Wildman–Crippen LogP) is 4.78. The molecule has 2 aromatic rings. The molecule has 1 aliphatic heterocycles. The zero-order chi connectivity index (χ0) is 20.3. The molecule has 1 N–H and O–H groups in total. The Labute approximate surface area is 164 Å². The van der Waals surface area contributed by atoms with Gasteiger partial charge in [0.15, 0.2) is 0 Å². The summed E-state index contributed by atoms with van der Waals surface area (Å²) in [5.41, 5.74) is 0.773. The highest BCUT2D eigenvalue weighted by atomic mass is 32.2. The topological polar surface area (TPSA) is 55.4 Å². The summed E-state index contributed by atoms with van der Waals surface area (Å²) in [5, 5.41) is 1.48. The van der Waals surface area contributed by atoms with Gasteiger partial charge < -0.3 is 4.74 Å². The van der Waals surface area contributed by atoms with Crippen molar-refractivity contribution in [2.45, 2.75) is 30.7 Å². The Balaban J connectivity index is 1.56. The largest absolute Gasteiger partial charge is 0.493 e. The van der Waals surface area contributed by atoms with Crippen LogP contribution in [0.5, 0.6) is 5.75 Å². The smallest absolute Gasteiger partial charge is 0.416 e. The number of rotatable bonds is 6. The van der Waals surface area contributed by atoms with Gasteiger partial charge in [0.2, 0.25) is 5.91 Å². The van der Waals surface area contributed by atoms with Gasteiger partial charge in [-0.1, -0.05) is 49.0 Å². The quantitative estimate of drug-likeness (QED) is 0.746. The van der Waals surface area contributed by atoms with Gasteiger partial charge in [-0.3, -0.25) is 14.9 Å². The number of thioether (sulfide) groups is 1. The molecule has 2 atom stereocenters. The molecule has 0 saturated carbocycles. The van der Waals surface area contributed by atoms with Crippen LogP contribution in [0.1, 0.15) is 29.5 Å². The van der Waals surface area contributed by atoms with Crippen LogP contribution in [0.3, 0.4) is 0 Å². The maximum atomic E-state index is 12.8. The molecular weight excluding hydrogens is 391 g/mol. The minimum absolute atomic E-state index is 0.216. The Bertz CT molecular complexity index is 868. The fourth-order valence-corrected chi connectivity index (χ4v) is 3.66. The van der Waals surface area contributed by atoms with E-state index in [1.54, 1.807) is 37.3 Å². The monoisotopic (exact) mass is 409 g/mol. The Morgan fingerprint density at radius 2 is 1.86 bits per heavy atom. The molecule has 1 aliphatic rings. The fourth-order valence-electron chi connectivity index (χ4n) is 2.80. The molecule has 0 aliphatic carbocycles. The summed E-state index contributed by atoms with van der Waals surface area (Å²) in [5.74, 6) is 0.0824. The van der Waals surface area contributed by atoms with Gasteiger partial charge in [-0.2, -0.15) is 13.2 Å². The lowest BCUT2D eigenvalue weighted by Crippen LogP contribution is -2.25. The summed E-state index contributed by atoms with van der Waals surface area (Å²) >= 11 is 0.976. The molecule has 0 bridgehead atoms. The predicted molar refractivity (Wildman–Crippen MR) is 100 cm³/mol. The molecule has 1 saturated heterocycles. The Kier molecular flexibility index (Phi) is 5.98. The second-order valence-corrected chi connectivity index (χ2v) is 7.74. The van der Waals surface area contributed by atoms with Gasteiger partial charge in [-0.15, -0.1) is 0 Å². The Morgan fingerprint density at radius 3 is 2.46 bits per heavy atom. The van der Waals surface area contributed by atoms with Crippen LogP contribution in [0.25, 0.3) is 0 Å². The van der Waals surface area contributed by atoms with Crippen LogP contribution >= 0.6 is 11.8 Å². The van der Waals surface area contributed by atoms with Crippen molar-refractivity contribution in [2.24, 2.45) is 0 Å². The number of hydrogen-bond acceptors (Lipinski definition) is 4. The van der Waals surface area contributed by atoms with E-state index in [2.05, 4.69) is 5.32 Å². The molecule has 4 nitrogen and oxygen atoms in total. The first-order chi connectivity index (χ1) is 13.2. The van der Waals surface area contributed by atoms with Gasteiger partial charge >= 0.3 is 6.18 Å². The second kappa shape index (κ2) is 8.26. The Hall–Kier alpha value is -2.48. The summed E-state index contributed by atoms with van der Waals surface area (Å²) in [7, 11) is 0. The zero-order valence-corrected chi connectivity index (χ0v) is 15.8. The van der Waals surface area contributed by atoms with E-state index in [9.17, 15) is 22.8 Å². The van der Waals surface area contributed by atoms with E-state index in [0.717, 1.165) is 29.5 Å². The van der Waals surface area contributed by atoms with Crippen molar-refractivity contribution in [2.75, 3.05) is 6.61 Å². The summed E-state index contributed by atoms with van der Waals surface area (Å²) in [6, 6.07) is 12.3. The first kappa shape index (κ1) is 20.3. The van der Waals surface area contributed by atoms with Crippen molar-refractivity contribution >= 4 is 22.9 Å². The highest BCUT2D eigenvalue weighted by Crippen LogP contribution is 2.31. The number of halogens is 3. The van der Waals surface area contributed by atoms with Crippen LogP contribution in [0, 0.1) is 0 Å². The third-order valence-electron chi connectivity index (χ3n) is 4.39. The summed E-state index contributed by atoms with van der Waals surface area (Å²) in [6.07, 6.45) is -3.94. The number of amides is 2. The molecule has 2 aromatic carbocycles. The third-order valence-corrected chi connectivity index (χ3v) is 5.38. The maximum absolute atomic E-state index is 12.8. The molecule has 0 aromatic heterocycles. The van der Waals surface area contributed by atoms with Gasteiger partial charge in [0, 0.05) is 5.92 Å². The van der Waals surface area contributed by atoms with Crippen LogP contribution in [0.15, 0.2) is 48.5 Å². The molecule has 0 spiro atoms. The second-order valence-electron chi connectivity index (χ2n) is 6.57. The third kappa shape index (κ3) is 5.07. The van der Waals surface area contributed by atoms with E-state index in [-0.39, 0.29) is 23.7 Å². The van der Waals surface area contributed by atoms with Gasteiger partial charge in [0.1, 0.15) is 5.75 Å². The van der Waals surface area contributed by atoms with Gasteiger partial charge in [0.05, 0.1) is 17.4 Å². The van der Waals surface area contributed by atoms with Crippen LogP contribution < -0.4 is 10.1 Å². The first-order valence-electron chi connectivity index (χ1n) is 8.63. The molecule has 8 heteroatoms. The number of nitrogens with one attached hydrogen (secondary N) is 1. The number of benzene rings is 2. The SMILES string of the molecule is C[C@H](COc1ccc(CC2SC(=O)NC2=O)cc1)c1cccc(C(F)(F)F)c1. The number of carbonyl (C=O) groups excluding carboxylic acids is 2. The van der Waals surface area contributed by atoms with Gasteiger partial charge in [-0.05, 0) is 35.7 Å². The van der Waals surface area contributed by atoms with Crippen molar-refractivity contribution in [1.82, 2.24) is 5.32 Å². The van der Waals surface area contributed by atoms with Crippen LogP contribution in [-0.2, 0) is 17.4 Å². The highest BCUT2D eigenvalue weighted by Gasteiger charge is 2.32. The van der Waals surface area contributed by atoms with Crippen molar-refractivity contribution in [3.63, 3.8) is 0 Å². The fraction of sp³-hybridized carbons (Fsp3) is 0.300. The summed E-state index contributed by atoms with van der Waals surface area (Å²) in [4.78, 5) is 22.8. The van der Waals surface area contributed by atoms with Crippen molar-refractivity contribution in [1.29, 1.82) is 0 Å². The molecule has 148 valence electrons. The minimum atomic E-state index is -4.37. The average Bonchev–Trinajstić information content (AvgIpc) is 2.97. The first-order valence-corrected chi connectivity index (χ1v) is 9.50. The average molecular weight is 409 g/mol. The standard InChI is InChI=1S/C20H18F3NO3S/c1-12(14-3-2-4-15(10-14)20(21,22)23)11-27-16-7-5-13(6-8-16)9-17-18(25)24-19(26)28-17/h2-8,10,12,17H,9,11H2,1H3,(H,24,25,26)/t12-,17?/m1/s1. The molecule has 1 heterocycles. The summed E-state index contributed by atoms with van der Waals surface area (Å²) in [6.45, 7) is 2.03. The van der Waals surface area contributed by atoms with Gasteiger partial charge in [0.25, 0.3) is 5.24 Å². The van der Waals surface area contributed by atoms with E-state index in [1.165, 1.54) is 6.07 Å². The lowest BCUT2D eigenvalue weighted by Gasteiger charge is -2.16. The van der Waals surface area contributed by atoms with Crippen molar-refractivity contribution < 1.29 is 27.5 Å². The maximum Gasteiger partial charge on any atom is 0.416 e. The summed E-state index contributed by atoms with van der Waals surface area (Å²) < 4.78 is 44.2. The van der Waals surface area contributed by atoms with Crippen LogP contribution in [-0.4, -0.2) is 23.0 Å². The highest BCUT2D eigenvalue weighted by molar-refractivity contribution is 8.15. The number of imide groups is 1. The van der Waals surface area contributed by atoms with E-state index in [0.29, 0.717) is 17.7 Å². The van der Waals surface area contributed by atoms with Gasteiger partial charge in [-0.25, -0.2) is 0 Å². The molecule has 1 unspecified atom stereocenters.